The van der Waals surface area contributed by atoms with Gasteiger partial charge in [-0.2, -0.15) is 0 Å². The van der Waals surface area contributed by atoms with E-state index in [9.17, 15) is 13.2 Å². The maximum absolute atomic E-state index is 12.6. The first-order chi connectivity index (χ1) is 13.8. The van der Waals surface area contributed by atoms with Gasteiger partial charge in [0.25, 0.3) is 5.91 Å². The van der Waals surface area contributed by atoms with Crippen LogP contribution in [0.15, 0.2) is 29.2 Å². The van der Waals surface area contributed by atoms with Gasteiger partial charge in [-0.25, -0.2) is 13.1 Å². The summed E-state index contributed by atoms with van der Waals surface area (Å²) in [5, 5.41) is 0. The fourth-order valence-corrected chi connectivity index (χ4v) is 4.82. The van der Waals surface area contributed by atoms with Gasteiger partial charge in [0.15, 0.2) is 0 Å². The van der Waals surface area contributed by atoms with Crippen LogP contribution in [0.4, 0.5) is 5.69 Å². The lowest BCUT2D eigenvalue weighted by molar-refractivity contribution is -0.121. The number of amides is 1. The standard InChI is InChI=1S/C20H29N3O3S3/c1-4-5-6-7-12-22(3)17-10-8-16(9-11-17)15-18-19(24)23(20(27)28-18)13-14-29(25,26)21-2/h8-11,15,21H,4-7,12-14H2,1-3H3/b18-15-. The number of nitrogens with one attached hydrogen (secondary N) is 1. The highest BCUT2D eigenvalue weighted by Gasteiger charge is 2.32. The summed E-state index contributed by atoms with van der Waals surface area (Å²) >= 11 is 6.46. The van der Waals surface area contributed by atoms with E-state index in [2.05, 4.69) is 23.6 Å². The van der Waals surface area contributed by atoms with E-state index < -0.39 is 10.0 Å². The zero-order valence-electron chi connectivity index (χ0n) is 17.2. The lowest BCUT2D eigenvalue weighted by Crippen LogP contribution is -2.35. The summed E-state index contributed by atoms with van der Waals surface area (Å²) in [4.78, 5) is 16.7. The van der Waals surface area contributed by atoms with Crippen molar-refractivity contribution in [3.8, 4) is 0 Å². The Kier molecular flexibility index (Phi) is 9.13. The highest BCUT2D eigenvalue weighted by Crippen LogP contribution is 2.32. The molecular weight excluding hydrogens is 426 g/mol. The minimum Gasteiger partial charge on any atom is -0.375 e. The van der Waals surface area contributed by atoms with E-state index in [-0.39, 0.29) is 18.2 Å². The van der Waals surface area contributed by atoms with Gasteiger partial charge in [0, 0.05) is 25.8 Å². The second kappa shape index (κ2) is 11.1. The number of thioether (sulfide) groups is 1. The fourth-order valence-electron chi connectivity index (χ4n) is 2.89. The van der Waals surface area contributed by atoms with Crippen molar-refractivity contribution in [1.29, 1.82) is 0 Å². The zero-order chi connectivity index (χ0) is 21.4. The summed E-state index contributed by atoms with van der Waals surface area (Å²) in [6.45, 7) is 3.28. The van der Waals surface area contributed by atoms with Crippen LogP contribution in [0.1, 0.15) is 38.2 Å². The third-order valence-corrected chi connectivity index (χ3v) is 7.47. The predicted octanol–water partition coefficient (Wildman–Crippen LogP) is 3.45. The molecule has 2 rings (SSSR count). The van der Waals surface area contributed by atoms with Crippen LogP contribution < -0.4 is 9.62 Å². The number of sulfonamides is 1. The van der Waals surface area contributed by atoms with Crippen LogP contribution >= 0.6 is 24.0 Å². The normalized spacial score (nSPS) is 16.1. The maximum Gasteiger partial charge on any atom is 0.266 e. The van der Waals surface area contributed by atoms with Crippen LogP contribution in [-0.2, 0) is 14.8 Å². The van der Waals surface area contributed by atoms with Crippen LogP contribution in [0.3, 0.4) is 0 Å². The SMILES string of the molecule is CCCCCCN(C)c1ccc(/C=C2\SC(=S)N(CCS(=O)(=O)NC)C2=O)cc1. The molecule has 0 bridgehead atoms. The molecule has 160 valence electrons. The number of rotatable bonds is 11. The molecule has 1 N–H and O–H groups in total. The minimum absolute atomic E-state index is 0.0486. The molecule has 1 amide bonds. The maximum atomic E-state index is 12.6. The summed E-state index contributed by atoms with van der Waals surface area (Å²) in [7, 11) is 0.0513. The Bertz CT molecular complexity index is 851. The number of hydrogen-bond donors (Lipinski definition) is 1. The van der Waals surface area contributed by atoms with Crippen molar-refractivity contribution in [2.24, 2.45) is 0 Å². The Morgan fingerprint density at radius 1 is 1.21 bits per heavy atom. The van der Waals surface area contributed by atoms with Crippen molar-refractivity contribution in [3.63, 3.8) is 0 Å². The Labute approximate surface area is 183 Å². The van der Waals surface area contributed by atoms with Crippen molar-refractivity contribution >= 4 is 56.0 Å². The summed E-state index contributed by atoms with van der Waals surface area (Å²) < 4.78 is 25.8. The molecule has 0 spiro atoms. The highest BCUT2D eigenvalue weighted by atomic mass is 32.2. The molecule has 1 aromatic rings. The van der Waals surface area contributed by atoms with E-state index in [0.29, 0.717) is 9.23 Å². The summed E-state index contributed by atoms with van der Waals surface area (Å²) in [6, 6.07) is 8.06. The third kappa shape index (κ3) is 7.09. The van der Waals surface area contributed by atoms with Gasteiger partial charge in [-0.1, -0.05) is 62.3 Å². The molecule has 9 heteroatoms. The van der Waals surface area contributed by atoms with Gasteiger partial charge in [0.1, 0.15) is 4.32 Å². The van der Waals surface area contributed by atoms with E-state index in [4.69, 9.17) is 12.2 Å². The number of hydrogen-bond acceptors (Lipinski definition) is 6. The van der Waals surface area contributed by atoms with Gasteiger partial charge in [-0.15, -0.1) is 0 Å². The molecule has 0 radical (unpaired) electrons. The van der Waals surface area contributed by atoms with Crippen LogP contribution in [0, 0.1) is 0 Å². The van der Waals surface area contributed by atoms with E-state index in [0.717, 1.165) is 17.8 Å². The Morgan fingerprint density at radius 2 is 1.90 bits per heavy atom. The molecule has 6 nitrogen and oxygen atoms in total. The Hall–Kier alpha value is -1.42. The lowest BCUT2D eigenvalue weighted by Gasteiger charge is -2.19. The molecule has 0 aliphatic carbocycles. The number of carbonyl (C=O) groups excluding carboxylic acids is 1. The molecule has 0 saturated carbocycles. The first-order valence-electron chi connectivity index (χ1n) is 9.75. The predicted molar refractivity (Wildman–Crippen MR) is 127 cm³/mol. The molecule has 1 fully saturated rings. The number of thiocarbonyl (C=S) groups is 1. The van der Waals surface area contributed by atoms with E-state index in [1.54, 1.807) is 6.08 Å². The molecule has 1 heterocycles. The van der Waals surface area contributed by atoms with Gasteiger partial charge in [0.2, 0.25) is 10.0 Å². The minimum atomic E-state index is -3.39. The molecule has 1 aromatic carbocycles. The second-order valence-corrected chi connectivity index (χ2v) is 10.7. The molecule has 1 aliphatic heterocycles. The first-order valence-corrected chi connectivity index (χ1v) is 12.6. The van der Waals surface area contributed by atoms with Gasteiger partial charge in [0.05, 0.1) is 10.7 Å². The van der Waals surface area contributed by atoms with E-state index in [1.807, 2.05) is 24.3 Å². The quantitative estimate of drug-likeness (QED) is 0.313. The molecule has 0 unspecified atom stereocenters. The van der Waals surface area contributed by atoms with Crippen molar-refractivity contribution in [2.75, 3.05) is 37.8 Å². The fraction of sp³-hybridized carbons (Fsp3) is 0.500. The van der Waals surface area contributed by atoms with Gasteiger partial charge < -0.3 is 4.90 Å². The molecule has 1 aliphatic rings. The van der Waals surface area contributed by atoms with Crippen LogP contribution in [0.25, 0.3) is 6.08 Å². The Balaban J connectivity index is 1.99. The average molecular weight is 456 g/mol. The summed E-state index contributed by atoms with van der Waals surface area (Å²) in [6.07, 6.45) is 6.73. The van der Waals surface area contributed by atoms with Gasteiger partial charge in [-0.05, 0) is 37.2 Å². The van der Waals surface area contributed by atoms with Crippen molar-refractivity contribution in [3.05, 3.63) is 34.7 Å². The van der Waals surface area contributed by atoms with Crippen LogP contribution in [0.5, 0.6) is 0 Å². The van der Waals surface area contributed by atoms with Crippen molar-refractivity contribution < 1.29 is 13.2 Å². The van der Waals surface area contributed by atoms with E-state index >= 15 is 0 Å². The molecule has 0 atom stereocenters. The zero-order valence-corrected chi connectivity index (χ0v) is 19.6. The van der Waals surface area contributed by atoms with Gasteiger partial charge >= 0.3 is 0 Å². The van der Waals surface area contributed by atoms with Crippen molar-refractivity contribution in [1.82, 2.24) is 9.62 Å². The summed E-state index contributed by atoms with van der Waals surface area (Å²) in [5.74, 6) is -0.425. The number of unbranched alkanes of at least 4 members (excludes halogenated alkanes) is 3. The highest BCUT2D eigenvalue weighted by molar-refractivity contribution is 8.26. The average Bonchev–Trinajstić information content (AvgIpc) is 2.97. The monoisotopic (exact) mass is 455 g/mol. The third-order valence-electron chi connectivity index (χ3n) is 4.75. The second-order valence-electron chi connectivity index (χ2n) is 6.93. The number of anilines is 1. The first kappa shape index (κ1) is 23.9. The topological polar surface area (TPSA) is 69.7 Å². The number of carbonyl (C=O) groups is 1. The van der Waals surface area contributed by atoms with Crippen molar-refractivity contribution in [2.45, 2.75) is 32.6 Å². The largest absolute Gasteiger partial charge is 0.375 e. The summed E-state index contributed by atoms with van der Waals surface area (Å²) in [5.41, 5.74) is 2.06. The van der Waals surface area contributed by atoms with E-state index in [1.165, 1.54) is 49.4 Å². The number of nitrogens with zero attached hydrogens (tertiary/aromatic N) is 2. The lowest BCUT2D eigenvalue weighted by atomic mass is 10.1. The Morgan fingerprint density at radius 3 is 2.52 bits per heavy atom. The molecule has 1 saturated heterocycles. The van der Waals surface area contributed by atoms with Crippen LogP contribution in [-0.4, -0.2) is 56.5 Å². The molecule has 29 heavy (non-hydrogen) atoms. The van der Waals surface area contributed by atoms with Crippen LogP contribution in [0.2, 0.25) is 0 Å². The number of benzene rings is 1. The smallest absolute Gasteiger partial charge is 0.266 e. The molecular formula is C20H29N3O3S3. The van der Waals surface area contributed by atoms with Gasteiger partial charge in [-0.3, -0.25) is 9.69 Å². The molecule has 0 aromatic heterocycles.